The molecule has 4 aromatic rings. The molecule has 0 aliphatic heterocycles. The zero-order chi connectivity index (χ0) is 24.1. The molecule has 34 heavy (non-hydrogen) atoms. The highest BCUT2D eigenvalue weighted by atomic mass is 35.5. The fraction of sp³-hybridized carbons (Fsp3) is 0.125. The van der Waals surface area contributed by atoms with E-state index < -0.39 is 11.7 Å². The lowest BCUT2D eigenvalue weighted by Crippen LogP contribution is -2.20. The Kier molecular flexibility index (Phi) is 7.23. The first-order chi connectivity index (χ1) is 16.3. The maximum atomic E-state index is 12.6. The summed E-state index contributed by atoms with van der Waals surface area (Å²) in [5.41, 5.74) is 4.73. The van der Waals surface area contributed by atoms with Gasteiger partial charge < -0.3 is 4.57 Å². The molecule has 0 aliphatic rings. The molecule has 4 rings (SSSR count). The number of para-hydroxylation sites is 2. The van der Waals surface area contributed by atoms with Crippen LogP contribution in [0.25, 0.3) is 11.0 Å². The van der Waals surface area contributed by atoms with E-state index in [4.69, 9.17) is 11.6 Å². The second kappa shape index (κ2) is 10.3. The summed E-state index contributed by atoms with van der Waals surface area (Å²) in [6, 6.07) is 19.7. The minimum atomic E-state index is -4.40. The summed E-state index contributed by atoms with van der Waals surface area (Å²) in [4.78, 5) is 16.9. The maximum absolute atomic E-state index is 12.6. The third-order valence-corrected chi connectivity index (χ3v) is 6.22. The van der Waals surface area contributed by atoms with Crippen molar-refractivity contribution in [2.45, 2.75) is 17.9 Å². The van der Waals surface area contributed by atoms with Gasteiger partial charge in [-0.25, -0.2) is 10.4 Å². The summed E-state index contributed by atoms with van der Waals surface area (Å²) in [5.74, 6) is -0.319. The van der Waals surface area contributed by atoms with Crippen LogP contribution in [-0.2, 0) is 17.5 Å². The van der Waals surface area contributed by atoms with Crippen LogP contribution in [0, 0.1) is 0 Å². The summed E-state index contributed by atoms with van der Waals surface area (Å²) in [5, 5.41) is 5.13. The summed E-state index contributed by atoms with van der Waals surface area (Å²) in [6.45, 7) is 0.496. The monoisotopic (exact) mass is 502 g/mol. The highest BCUT2D eigenvalue weighted by Gasteiger charge is 2.29. The predicted octanol–water partition coefficient (Wildman–Crippen LogP) is 6.00. The van der Waals surface area contributed by atoms with Gasteiger partial charge in [0.25, 0.3) is 5.91 Å². The Morgan fingerprint density at radius 2 is 1.76 bits per heavy atom. The number of thioether (sulfide) groups is 1. The van der Waals surface area contributed by atoms with E-state index in [2.05, 4.69) is 15.5 Å². The molecule has 10 heteroatoms. The van der Waals surface area contributed by atoms with Crippen LogP contribution in [0.15, 0.2) is 83.1 Å². The van der Waals surface area contributed by atoms with Gasteiger partial charge in [0, 0.05) is 5.02 Å². The molecule has 0 fully saturated rings. The lowest BCUT2D eigenvalue weighted by molar-refractivity contribution is -0.137. The molecule has 1 aromatic heterocycles. The molecule has 1 N–H and O–H groups in total. The highest BCUT2D eigenvalue weighted by Crippen LogP contribution is 2.29. The number of aromatic nitrogens is 2. The Labute approximate surface area is 202 Å². The number of benzene rings is 3. The fourth-order valence-corrected chi connectivity index (χ4v) is 4.21. The van der Waals surface area contributed by atoms with Crippen LogP contribution in [0.5, 0.6) is 0 Å². The lowest BCUT2D eigenvalue weighted by Gasteiger charge is -2.10. The van der Waals surface area contributed by atoms with Crippen LogP contribution in [-0.4, -0.2) is 27.4 Å². The zero-order valence-corrected chi connectivity index (χ0v) is 19.2. The number of nitrogens with zero attached hydrogens (tertiary/aromatic N) is 3. The quantitative estimate of drug-likeness (QED) is 0.191. The Hall–Kier alpha value is -3.30. The number of carbonyl (C=O) groups is 1. The number of hydrazone groups is 1. The average molecular weight is 503 g/mol. The van der Waals surface area contributed by atoms with Crippen molar-refractivity contribution in [2.24, 2.45) is 5.10 Å². The number of hydrogen-bond donors (Lipinski definition) is 1. The van der Waals surface area contributed by atoms with Gasteiger partial charge in [-0.1, -0.05) is 65.8 Å². The van der Waals surface area contributed by atoms with Gasteiger partial charge in [0.15, 0.2) is 5.16 Å². The molecule has 1 amide bonds. The number of hydrogen-bond acceptors (Lipinski definition) is 4. The number of nitrogens with one attached hydrogen (secondary N) is 1. The number of imidazole rings is 1. The fourth-order valence-electron chi connectivity index (χ4n) is 3.21. The number of halogens is 4. The lowest BCUT2D eigenvalue weighted by atomic mass is 10.1. The van der Waals surface area contributed by atoms with Crippen molar-refractivity contribution >= 4 is 46.5 Å². The largest absolute Gasteiger partial charge is 0.416 e. The molecule has 0 saturated carbocycles. The topological polar surface area (TPSA) is 59.3 Å². The maximum Gasteiger partial charge on any atom is 0.416 e. The second-order valence-electron chi connectivity index (χ2n) is 7.26. The Morgan fingerprint density at radius 1 is 1.06 bits per heavy atom. The van der Waals surface area contributed by atoms with E-state index in [1.165, 1.54) is 30.1 Å². The van der Waals surface area contributed by atoms with Gasteiger partial charge in [-0.3, -0.25) is 4.79 Å². The Bertz CT molecular complexity index is 1340. The van der Waals surface area contributed by atoms with E-state index >= 15 is 0 Å². The highest BCUT2D eigenvalue weighted by molar-refractivity contribution is 7.99. The van der Waals surface area contributed by atoms with Crippen molar-refractivity contribution in [1.82, 2.24) is 15.0 Å². The summed E-state index contributed by atoms with van der Waals surface area (Å²) >= 11 is 7.59. The molecule has 3 aromatic carbocycles. The van der Waals surface area contributed by atoms with Crippen LogP contribution in [0.3, 0.4) is 0 Å². The van der Waals surface area contributed by atoms with Gasteiger partial charge in [-0.15, -0.1) is 0 Å². The van der Waals surface area contributed by atoms with E-state index in [0.717, 1.165) is 28.7 Å². The van der Waals surface area contributed by atoms with Crippen molar-refractivity contribution in [2.75, 3.05) is 5.75 Å². The van der Waals surface area contributed by atoms with Crippen molar-refractivity contribution in [1.29, 1.82) is 0 Å². The molecule has 5 nitrogen and oxygen atoms in total. The molecule has 0 unspecified atom stereocenters. The van der Waals surface area contributed by atoms with Crippen LogP contribution >= 0.6 is 23.4 Å². The molecule has 0 spiro atoms. The number of alkyl halides is 3. The number of carbonyl (C=O) groups excluding carboxylic acids is 1. The van der Waals surface area contributed by atoms with Gasteiger partial charge in [0.1, 0.15) is 0 Å². The van der Waals surface area contributed by atoms with Crippen molar-refractivity contribution < 1.29 is 18.0 Å². The van der Waals surface area contributed by atoms with Crippen LogP contribution in [0.2, 0.25) is 5.02 Å². The normalized spacial score (nSPS) is 11.9. The number of fused-ring (bicyclic) bond motifs is 1. The van der Waals surface area contributed by atoms with Crippen molar-refractivity contribution in [3.05, 3.63) is 94.5 Å². The molecular formula is C24H18ClF3N4OS. The summed E-state index contributed by atoms with van der Waals surface area (Å²) < 4.78 is 39.9. The van der Waals surface area contributed by atoms with Gasteiger partial charge >= 0.3 is 6.18 Å². The average Bonchev–Trinajstić information content (AvgIpc) is 3.16. The molecule has 0 bridgehead atoms. The molecule has 0 atom stereocenters. The minimum absolute atomic E-state index is 0.0518. The molecule has 0 saturated heterocycles. The number of rotatable bonds is 7. The second-order valence-corrected chi connectivity index (χ2v) is 8.61. The predicted molar refractivity (Wildman–Crippen MR) is 128 cm³/mol. The number of amides is 1. The van der Waals surface area contributed by atoms with Gasteiger partial charge in [-0.05, 0) is 41.5 Å². The van der Waals surface area contributed by atoms with Crippen molar-refractivity contribution in [3.63, 3.8) is 0 Å². The molecule has 1 heterocycles. The molecule has 0 radical (unpaired) electrons. The van der Waals surface area contributed by atoms with Gasteiger partial charge in [0.2, 0.25) is 0 Å². The smallest absolute Gasteiger partial charge is 0.314 e. The molecular weight excluding hydrogens is 485 g/mol. The van der Waals surface area contributed by atoms with E-state index in [9.17, 15) is 18.0 Å². The third kappa shape index (κ3) is 5.78. The van der Waals surface area contributed by atoms with E-state index in [1.54, 1.807) is 0 Å². The first-order valence-corrected chi connectivity index (χ1v) is 11.5. The Morgan fingerprint density at radius 3 is 2.50 bits per heavy atom. The van der Waals surface area contributed by atoms with Crippen LogP contribution < -0.4 is 5.43 Å². The SMILES string of the molecule is O=C(CSc1nc2ccccc2n1Cc1ccccc1Cl)N/N=C/c1ccc(C(F)(F)F)cc1. The molecule has 174 valence electrons. The van der Waals surface area contributed by atoms with Crippen LogP contribution in [0.1, 0.15) is 16.7 Å². The molecule has 0 aliphatic carbocycles. The zero-order valence-electron chi connectivity index (χ0n) is 17.6. The van der Waals surface area contributed by atoms with Gasteiger partial charge in [-0.2, -0.15) is 18.3 Å². The summed E-state index contributed by atoms with van der Waals surface area (Å²) in [7, 11) is 0. The first kappa shape index (κ1) is 23.8. The minimum Gasteiger partial charge on any atom is -0.314 e. The van der Waals surface area contributed by atoms with Crippen LogP contribution in [0.4, 0.5) is 13.2 Å². The van der Waals surface area contributed by atoms with Crippen molar-refractivity contribution in [3.8, 4) is 0 Å². The van der Waals surface area contributed by atoms with E-state index in [-0.39, 0.29) is 11.7 Å². The Balaban J connectivity index is 1.41. The standard InChI is InChI=1S/C24H18ClF3N4OS/c25-19-6-2-1-5-17(19)14-32-21-8-4-3-7-20(21)30-23(32)34-15-22(33)31-29-13-16-9-11-18(12-10-16)24(26,27)28/h1-13H,14-15H2,(H,31,33)/b29-13+. The van der Waals surface area contributed by atoms with E-state index in [1.807, 2.05) is 53.1 Å². The third-order valence-electron chi connectivity index (χ3n) is 4.88. The van der Waals surface area contributed by atoms with Gasteiger partial charge in [0.05, 0.1) is 35.1 Å². The summed E-state index contributed by atoms with van der Waals surface area (Å²) in [6.07, 6.45) is -3.11. The first-order valence-electron chi connectivity index (χ1n) is 10.1. The van der Waals surface area contributed by atoms with E-state index in [0.29, 0.717) is 22.3 Å².